The van der Waals surface area contributed by atoms with Crippen molar-refractivity contribution >= 4 is 63.9 Å². The Morgan fingerprint density at radius 1 is 0.596 bits per heavy atom. The molecule has 0 saturated carbocycles. The first-order valence-electron chi connectivity index (χ1n) is 36.3. The maximum absolute atomic E-state index is 11.6. The standard InChI is InChI=1S/2C10H16O.2C9H14N2.2C9H11NS.C9H14O.C9H16O.C8H14N2.C7H12O/c1-10(2,3)8-6-4-5-7-9(8)11;1-10(2,3)9(11)8-6-4-5-7-8;1-5-8-10-6-7-11(8)9(2,3)4;1-5-8-6-7-11(10-8)9(2,3)4;1-5-8-10-7(6-11-8)9(2,3)4;1-5-8-7(6-11-10-8)9(2,3)4;1-9(2,3)8(10)7-5-4-6-7;1-7(2)6-8(10)9(3,4)5;1-7-5-6-10(9-7)8(2,3)4;1-5-6(8)7(2,3)4/h5,7-8H,4,6H2,1-3H3;6H,4-5,7H2,1-3H3;2*5-7H,1H2,2-4H3;2*1,6H,2-4H3;5H,4,6H2,1-3H3;6H,1-5H3;5-6H,1-4H3;5H,1H2,2-4H3. The number of nitrogens with zero attached hydrogens (tertiary/aromatic N) is 8. The van der Waals surface area contributed by atoms with E-state index in [1.807, 2.05) is 167 Å². The highest BCUT2D eigenvalue weighted by atomic mass is 32.1. The van der Waals surface area contributed by atoms with Crippen LogP contribution in [-0.4, -0.2) is 67.4 Å². The van der Waals surface area contributed by atoms with Crippen molar-refractivity contribution in [2.75, 3.05) is 0 Å². The molecular weight excluding hydrogens is 1330 g/mol. The first-order valence-corrected chi connectivity index (χ1v) is 38.0. The first kappa shape index (κ1) is 98.6. The Bertz CT molecular complexity index is 3750. The number of carbonyl (C=O) groups excluding carboxylic acids is 5. The quantitative estimate of drug-likeness (QED) is 0.118. The molecule has 0 spiro atoms. The molecule has 5 aromatic heterocycles. The molecule has 0 aromatic carbocycles. The van der Waals surface area contributed by atoms with Gasteiger partial charge in [-0.05, 0) is 216 Å². The largest absolute Gasteiger partial charge is 0.326 e. The molecule has 0 radical (unpaired) electrons. The molecule has 0 N–H and O–H groups in total. The van der Waals surface area contributed by atoms with Gasteiger partial charge in [-0.25, -0.2) is 9.97 Å². The van der Waals surface area contributed by atoms with Gasteiger partial charge in [0.25, 0.3) is 0 Å². The van der Waals surface area contributed by atoms with Gasteiger partial charge in [0.1, 0.15) is 11.5 Å². The van der Waals surface area contributed by atoms with Crippen molar-refractivity contribution < 1.29 is 24.0 Å². The van der Waals surface area contributed by atoms with E-state index >= 15 is 0 Å². The molecule has 576 valence electrons. The normalized spacial score (nSPS) is 14.2. The summed E-state index contributed by atoms with van der Waals surface area (Å²) < 4.78 is 10.1. The maximum Gasteiger partial charge on any atom is 0.166 e. The molecule has 0 saturated heterocycles. The summed E-state index contributed by atoms with van der Waals surface area (Å²) in [5, 5.41) is 13.4. The Morgan fingerprint density at radius 2 is 1.11 bits per heavy atom. The van der Waals surface area contributed by atoms with Gasteiger partial charge < -0.3 is 4.57 Å². The number of imidazole rings is 1. The van der Waals surface area contributed by atoms with Crippen LogP contribution in [0.15, 0.2) is 121 Å². The molecule has 1 unspecified atom stereocenters. The van der Waals surface area contributed by atoms with Gasteiger partial charge in [0.2, 0.25) is 0 Å². The molecule has 5 heterocycles. The molecule has 0 fully saturated rings. The van der Waals surface area contributed by atoms with Gasteiger partial charge in [-0.3, -0.25) is 33.3 Å². The molecule has 3 aliphatic rings. The van der Waals surface area contributed by atoms with E-state index in [0.717, 1.165) is 95.3 Å². The number of aryl methyl sites for hydroxylation is 1. The summed E-state index contributed by atoms with van der Waals surface area (Å²) in [5.74, 6) is 7.53. The van der Waals surface area contributed by atoms with E-state index in [9.17, 15) is 24.0 Å². The van der Waals surface area contributed by atoms with Crippen molar-refractivity contribution in [3.05, 3.63) is 160 Å². The van der Waals surface area contributed by atoms with Gasteiger partial charge in [0, 0.05) is 79.6 Å². The van der Waals surface area contributed by atoms with Crippen LogP contribution in [0.3, 0.4) is 0 Å². The number of thiazole rings is 1. The van der Waals surface area contributed by atoms with E-state index in [1.54, 1.807) is 30.5 Å². The molecule has 8 rings (SSSR count). The zero-order valence-corrected chi connectivity index (χ0v) is 72.6. The smallest absolute Gasteiger partial charge is 0.166 e. The van der Waals surface area contributed by atoms with Crippen LogP contribution in [0.4, 0.5) is 0 Å². The number of hydrogen-bond acceptors (Lipinski definition) is 12. The van der Waals surface area contributed by atoms with Gasteiger partial charge in [-0.15, -0.1) is 24.2 Å². The van der Waals surface area contributed by atoms with Gasteiger partial charge >= 0.3 is 0 Å². The highest BCUT2D eigenvalue weighted by molar-refractivity contribution is 7.10. The molecule has 3 aliphatic carbocycles. The van der Waals surface area contributed by atoms with E-state index in [4.69, 9.17) is 12.8 Å². The summed E-state index contributed by atoms with van der Waals surface area (Å²) in [6.45, 7) is 78.2. The summed E-state index contributed by atoms with van der Waals surface area (Å²) in [4.78, 5) is 64.7. The molecule has 0 aliphatic heterocycles. The predicted octanol–water partition coefficient (Wildman–Crippen LogP) is 23.3. The first-order chi connectivity index (χ1) is 47.0. The van der Waals surface area contributed by atoms with E-state index in [1.165, 1.54) is 34.5 Å². The number of terminal acetylenes is 2. The summed E-state index contributed by atoms with van der Waals surface area (Å²) in [6.07, 6.45) is 40.1. The van der Waals surface area contributed by atoms with E-state index in [0.29, 0.717) is 17.3 Å². The lowest BCUT2D eigenvalue weighted by Crippen LogP contribution is -2.28. The molecular formula is C89H138N8O5S2. The fourth-order valence-electron chi connectivity index (χ4n) is 8.90. The molecule has 1 atom stereocenters. The zero-order chi connectivity index (χ0) is 81.6. The van der Waals surface area contributed by atoms with Crippen molar-refractivity contribution in [3.63, 3.8) is 0 Å². The van der Waals surface area contributed by atoms with Crippen LogP contribution in [0.2, 0.25) is 0 Å². The molecule has 104 heavy (non-hydrogen) atoms. The van der Waals surface area contributed by atoms with Crippen molar-refractivity contribution in [3.8, 4) is 24.7 Å². The number of rotatable bonds is 6. The van der Waals surface area contributed by atoms with Gasteiger partial charge in [0.05, 0.1) is 28.2 Å². The van der Waals surface area contributed by atoms with Gasteiger partial charge in [-0.2, -0.15) is 14.6 Å². The second-order valence-corrected chi connectivity index (χ2v) is 38.1. The lowest BCUT2D eigenvalue weighted by atomic mass is 9.74. The Morgan fingerprint density at radius 3 is 1.35 bits per heavy atom. The van der Waals surface area contributed by atoms with Crippen LogP contribution in [0.1, 0.15) is 306 Å². The highest BCUT2D eigenvalue weighted by Crippen LogP contribution is 2.34. The predicted molar refractivity (Wildman–Crippen MR) is 447 cm³/mol. The topological polar surface area (TPSA) is 165 Å². The molecule has 5 aromatic rings. The second-order valence-electron chi connectivity index (χ2n) is 36.6. The number of carbonyl (C=O) groups is 5. The third kappa shape index (κ3) is 39.1. The summed E-state index contributed by atoms with van der Waals surface area (Å²) in [7, 11) is 0. The average molecular weight is 1460 g/mol. The van der Waals surface area contributed by atoms with Crippen molar-refractivity contribution in [2.24, 2.45) is 33.0 Å². The summed E-state index contributed by atoms with van der Waals surface area (Å²) in [5.41, 5.74) is 8.04. The van der Waals surface area contributed by atoms with E-state index < -0.39 is 0 Å². The number of Topliss-reactive ketones (excluding diaryl/α,β-unsaturated/α-hetero) is 2. The highest BCUT2D eigenvalue weighted by Gasteiger charge is 2.31. The van der Waals surface area contributed by atoms with Gasteiger partial charge in [0.15, 0.2) is 33.9 Å². The lowest BCUT2D eigenvalue weighted by Gasteiger charge is -2.29. The Kier molecular flexibility index (Phi) is 40.4. The summed E-state index contributed by atoms with van der Waals surface area (Å²) >= 11 is 2.95. The minimum atomic E-state index is -0.248. The monoisotopic (exact) mass is 1460 g/mol. The third-order valence-corrected chi connectivity index (χ3v) is 17.0. The third-order valence-electron chi connectivity index (χ3n) is 15.6. The number of allylic oxidation sites excluding steroid dienone is 9. The van der Waals surface area contributed by atoms with Crippen molar-refractivity contribution in [2.45, 2.75) is 301 Å². The Labute approximate surface area is 640 Å². The van der Waals surface area contributed by atoms with Crippen LogP contribution in [0, 0.1) is 64.6 Å². The SMILES string of the molecule is C#Cc1nc(C(C)(C)C)cs1.C#Cc1nscc1C(C)(C)C.C=CC(=O)C(C)(C)C.C=Cc1ccn(C(C)(C)C)n1.C=Cc1nccn1C(C)(C)C.CC(C)(C)C(=O)C1=CCC1.CC(C)(C)C(=O)C1=CCCC1.CC(C)(C)C1CCC=CC1=O.CC(C)=CC(=O)C(C)(C)C.Cc1ccn(C(C)(C)C)n1. The van der Waals surface area contributed by atoms with E-state index in [-0.39, 0.29) is 72.0 Å². The number of aromatic nitrogens is 8. The van der Waals surface area contributed by atoms with Crippen molar-refractivity contribution in [1.82, 2.24) is 38.5 Å². The minimum Gasteiger partial charge on any atom is -0.326 e. The van der Waals surface area contributed by atoms with Crippen molar-refractivity contribution in [1.29, 1.82) is 0 Å². The fraction of sp³-hybridized carbons (Fsp3) is 0.573. The lowest BCUT2D eigenvalue weighted by molar-refractivity contribution is -0.123. The van der Waals surface area contributed by atoms with Gasteiger partial charge in [-0.1, -0.05) is 189 Å². The molecule has 0 bridgehead atoms. The minimum absolute atomic E-state index is 0.0707. The molecule has 15 heteroatoms. The van der Waals surface area contributed by atoms with Crippen LogP contribution in [-0.2, 0) is 51.4 Å². The van der Waals surface area contributed by atoms with Crippen LogP contribution in [0.5, 0.6) is 0 Å². The summed E-state index contributed by atoms with van der Waals surface area (Å²) in [6, 6.07) is 3.98. The zero-order valence-electron chi connectivity index (χ0n) is 71.0. The molecule has 13 nitrogen and oxygen atoms in total. The Hall–Kier alpha value is -7.46. The van der Waals surface area contributed by atoms with Crippen LogP contribution < -0.4 is 0 Å². The molecule has 0 amide bonds. The van der Waals surface area contributed by atoms with Crippen LogP contribution in [0.25, 0.3) is 12.2 Å². The number of ketones is 5. The van der Waals surface area contributed by atoms with E-state index in [2.05, 4.69) is 191 Å². The Balaban J connectivity index is 0. The van der Waals surface area contributed by atoms with Crippen LogP contribution >= 0.6 is 22.9 Å². The second kappa shape index (κ2) is 42.6. The number of hydrogen-bond donors (Lipinski definition) is 0. The average Bonchev–Trinajstić information content (AvgIpc) is 1.86. The maximum atomic E-state index is 11.6. The fourth-order valence-corrected chi connectivity index (χ4v) is 10.6.